The number of esters is 1. The molecule has 0 aliphatic rings. The summed E-state index contributed by atoms with van der Waals surface area (Å²) in [4.78, 5) is 11.4. The van der Waals surface area contributed by atoms with Crippen molar-refractivity contribution in [3.05, 3.63) is 12.7 Å². The van der Waals surface area contributed by atoms with Crippen LogP contribution in [0.2, 0.25) is 0 Å². The lowest BCUT2D eigenvalue weighted by atomic mass is 10.1. The Morgan fingerprint density at radius 1 is 1.11 bits per heavy atom. The SMILES string of the molecule is C=C[C@@H](CCCCCCCCC)OC(=O)C(C)C. The highest BCUT2D eigenvalue weighted by molar-refractivity contribution is 5.71. The molecule has 1 atom stereocenters. The second-order valence-corrected chi connectivity index (χ2v) is 5.28. The first-order valence-electron chi connectivity index (χ1n) is 7.44. The molecule has 0 N–H and O–H groups in total. The molecular formula is C16H30O2. The van der Waals surface area contributed by atoms with Crippen molar-refractivity contribution >= 4 is 5.97 Å². The van der Waals surface area contributed by atoms with Crippen molar-refractivity contribution in [2.24, 2.45) is 5.92 Å². The monoisotopic (exact) mass is 254 g/mol. The van der Waals surface area contributed by atoms with E-state index in [1.54, 1.807) is 6.08 Å². The zero-order valence-electron chi connectivity index (χ0n) is 12.4. The minimum Gasteiger partial charge on any atom is -0.458 e. The van der Waals surface area contributed by atoms with Gasteiger partial charge in [0.25, 0.3) is 0 Å². The van der Waals surface area contributed by atoms with E-state index in [9.17, 15) is 4.79 Å². The van der Waals surface area contributed by atoms with Crippen LogP contribution in [0.25, 0.3) is 0 Å². The van der Waals surface area contributed by atoms with Gasteiger partial charge in [-0.3, -0.25) is 4.79 Å². The Morgan fingerprint density at radius 3 is 2.17 bits per heavy atom. The molecule has 2 heteroatoms. The Bertz CT molecular complexity index is 221. The maximum atomic E-state index is 11.4. The maximum Gasteiger partial charge on any atom is 0.308 e. The fraction of sp³-hybridized carbons (Fsp3) is 0.812. The predicted molar refractivity (Wildman–Crippen MR) is 77.5 cm³/mol. The van der Waals surface area contributed by atoms with Crippen LogP contribution in [0.1, 0.15) is 72.1 Å². The third kappa shape index (κ3) is 9.26. The number of ether oxygens (including phenoxy) is 1. The van der Waals surface area contributed by atoms with Gasteiger partial charge in [-0.2, -0.15) is 0 Å². The zero-order valence-corrected chi connectivity index (χ0v) is 12.4. The first kappa shape index (κ1) is 17.2. The molecule has 0 amide bonds. The fourth-order valence-corrected chi connectivity index (χ4v) is 1.81. The molecule has 0 aromatic rings. The molecule has 0 aliphatic heterocycles. The summed E-state index contributed by atoms with van der Waals surface area (Å²) >= 11 is 0. The van der Waals surface area contributed by atoms with Gasteiger partial charge in [0.2, 0.25) is 0 Å². The number of hydrogen-bond donors (Lipinski definition) is 0. The first-order chi connectivity index (χ1) is 8.61. The second-order valence-electron chi connectivity index (χ2n) is 5.28. The van der Waals surface area contributed by atoms with Crippen molar-refractivity contribution in [1.29, 1.82) is 0 Å². The summed E-state index contributed by atoms with van der Waals surface area (Å²) in [5.74, 6) is -0.177. The lowest BCUT2D eigenvalue weighted by Gasteiger charge is -2.15. The molecule has 0 aliphatic carbocycles. The zero-order chi connectivity index (χ0) is 13.8. The van der Waals surface area contributed by atoms with Gasteiger partial charge in [0.1, 0.15) is 6.10 Å². The highest BCUT2D eigenvalue weighted by atomic mass is 16.5. The molecule has 2 nitrogen and oxygen atoms in total. The molecule has 0 fully saturated rings. The molecular weight excluding hydrogens is 224 g/mol. The number of carbonyl (C=O) groups excluding carboxylic acids is 1. The number of carbonyl (C=O) groups is 1. The van der Waals surface area contributed by atoms with E-state index >= 15 is 0 Å². The van der Waals surface area contributed by atoms with E-state index in [1.807, 2.05) is 13.8 Å². The Morgan fingerprint density at radius 2 is 1.67 bits per heavy atom. The third-order valence-electron chi connectivity index (χ3n) is 3.09. The van der Waals surface area contributed by atoms with Crippen LogP contribution in [-0.4, -0.2) is 12.1 Å². The van der Waals surface area contributed by atoms with E-state index in [2.05, 4.69) is 13.5 Å². The minimum atomic E-state index is -0.122. The van der Waals surface area contributed by atoms with Gasteiger partial charge in [0.15, 0.2) is 0 Å². The van der Waals surface area contributed by atoms with Crippen molar-refractivity contribution in [3.63, 3.8) is 0 Å². The van der Waals surface area contributed by atoms with Gasteiger partial charge in [-0.1, -0.05) is 72.0 Å². The molecule has 0 saturated heterocycles. The number of rotatable bonds is 11. The topological polar surface area (TPSA) is 26.3 Å². The van der Waals surface area contributed by atoms with Crippen molar-refractivity contribution in [1.82, 2.24) is 0 Å². The van der Waals surface area contributed by atoms with Gasteiger partial charge in [0, 0.05) is 0 Å². The number of unbranched alkanes of at least 4 members (excludes halogenated alkanes) is 6. The highest BCUT2D eigenvalue weighted by Crippen LogP contribution is 2.13. The Hall–Kier alpha value is -0.790. The Balaban J connectivity index is 3.56. The van der Waals surface area contributed by atoms with Crippen molar-refractivity contribution in [2.75, 3.05) is 0 Å². The van der Waals surface area contributed by atoms with E-state index in [-0.39, 0.29) is 18.0 Å². The summed E-state index contributed by atoms with van der Waals surface area (Å²) in [6.07, 6.45) is 11.5. The summed E-state index contributed by atoms with van der Waals surface area (Å²) in [5.41, 5.74) is 0. The van der Waals surface area contributed by atoms with E-state index < -0.39 is 0 Å². The van der Waals surface area contributed by atoms with Crippen LogP contribution in [0.15, 0.2) is 12.7 Å². The molecule has 0 aromatic heterocycles. The summed E-state index contributed by atoms with van der Waals surface area (Å²) in [5, 5.41) is 0. The van der Waals surface area contributed by atoms with Crippen LogP contribution in [0.4, 0.5) is 0 Å². The molecule has 18 heavy (non-hydrogen) atoms. The largest absolute Gasteiger partial charge is 0.458 e. The van der Waals surface area contributed by atoms with Gasteiger partial charge in [0.05, 0.1) is 5.92 Å². The van der Waals surface area contributed by atoms with Crippen molar-refractivity contribution in [3.8, 4) is 0 Å². The van der Waals surface area contributed by atoms with Crippen molar-refractivity contribution < 1.29 is 9.53 Å². The van der Waals surface area contributed by atoms with Crippen LogP contribution in [0, 0.1) is 5.92 Å². The molecule has 0 saturated carbocycles. The van der Waals surface area contributed by atoms with Crippen LogP contribution in [-0.2, 0) is 9.53 Å². The molecule has 0 spiro atoms. The van der Waals surface area contributed by atoms with E-state index in [4.69, 9.17) is 4.74 Å². The van der Waals surface area contributed by atoms with Crippen LogP contribution >= 0.6 is 0 Å². The van der Waals surface area contributed by atoms with Crippen LogP contribution in [0.5, 0.6) is 0 Å². The lowest BCUT2D eigenvalue weighted by Crippen LogP contribution is -2.19. The van der Waals surface area contributed by atoms with E-state index in [0.29, 0.717) is 0 Å². The molecule has 0 bridgehead atoms. The van der Waals surface area contributed by atoms with Crippen molar-refractivity contribution in [2.45, 2.75) is 78.2 Å². The number of hydrogen-bond acceptors (Lipinski definition) is 2. The lowest BCUT2D eigenvalue weighted by molar-refractivity contribution is -0.150. The maximum absolute atomic E-state index is 11.4. The Labute approximate surface area is 113 Å². The average Bonchev–Trinajstić information content (AvgIpc) is 2.35. The molecule has 0 aromatic carbocycles. The summed E-state index contributed by atoms with van der Waals surface area (Å²) < 4.78 is 5.35. The average molecular weight is 254 g/mol. The smallest absolute Gasteiger partial charge is 0.308 e. The minimum absolute atomic E-state index is 0.0542. The highest BCUT2D eigenvalue weighted by Gasteiger charge is 2.13. The summed E-state index contributed by atoms with van der Waals surface area (Å²) in [6, 6.07) is 0. The van der Waals surface area contributed by atoms with E-state index in [1.165, 1.54) is 38.5 Å². The Kier molecular flexibility index (Phi) is 10.8. The molecule has 0 unspecified atom stereocenters. The summed E-state index contributed by atoms with van der Waals surface area (Å²) in [6.45, 7) is 9.68. The molecule has 0 rings (SSSR count). The molecule has 0 radical (unpaired) electrons. The van der Waals surface area contributed by atoms with Gasteiger partial charge in [-0.25, -0.2) is 0 Å². The predicted octanol–water partition coefficient (Wildman–Crippen LogP) is 4.88. The summed E-state index contributed by atoms with van der Waals surface area (Å²) in [7, 11) is 0. The standard InChI is InChI=1S/C16H30O2/c1-5-7-8-9-10-11-12-13-15(6-2)18-16(17)14(3)4/h6,14-15H,2,5,7-13H2,1,3-4H3/t15-/m0/s1. The molecule has 0 heterocycles. The van der Waals surface area contributed by atoms with Crippen LogP contribution < -0.4 is 0 Å². The third-order valence-corrected chi connectivity index (χ3v) is 3.09. The first-order valence-corrected chi connectivity index (χ1v) is 7.44. The van der Waals surface area contributed by atoms with Gasteiger partial charge in [-0.15, -0.1) is 0 Å². The van der Waals surface area contributed by atoms with Crippen LogP contribution in [0.3, 0.4) is 0 Å². The van der Waals surface area contributed by atoms with Gasteiger partial charge < -0.3 is 4.74 Å². The van der Waals surface area contributed by atoms with Gasteiger partial charge >= 0.3 is 5.97 Å². The molecule has 106 valence electrons. The normalized spacial score (nSPS) is 12.4. The fourth-order valence-electron chi connectivity index (χ4n) is 1.81. The van der Waals surface area contributed by atoms with E-state index in [0.717, 1.165) is 12.8 Å². The van der Waals surface area contributed by atoms with Gasteiger partial charge in [-0.05, 0) is 12.8 Å². The second kappa shape index (κ2) is 11.3. The quantitative estimate of drug-likeness (QED) is 0.298.